The maximum atomic E-state index is 10.0. The van der Waals surface area contributed by atoms with E-state index in [2.05, 4.69) is 11.5 Å². The summed E-state index contributed by atoms with van der Waals surface area (Å²) in [4.78, 5) is 6.95. The molecule has 1 fully saturated rings. The van der Waals surface area contributed by atoms with Gasteiger partial charge >= 0.3 is 0 Å². The summed E-state index contributed by atoms with van der Waals surface area (Å²) in [6.07, 6.45) is 2.08. The zero-order valence-corrected chi connectivity index (χ0v) is 17.5. The maximum absolute atomic E-state index is 10.0. The Balaban J connectivity index is 1.84. The van der Waals surface area contributed by atoms with E-state index in [9.17, 15) is 10.2 Å². The zero-order chi connectivity index (χ0) is 21.8. The van der Waals surface area contributed by atoms with Gasteiger partial charge in [0.05, 0.1) is 18.9 Å². The highest BCUT2D eigenvalue weighted by molar-refractivity contribution is 5.78. The molecule has 1 aliphatic heterocycles. The van der Waals surface area contributed by atoms with Gasteiger partial charge in [0.2, 0.25) is 0 Å². The van der Waals surface area contributed by atoms with Gasteiger partial charge < -0.3 is 24.6 Å². The molecule has 3 aromatic rings. The van der Waals surface area contributed by atoms with Crippen molar-refractivity contribution in [2.45, 2.75) is 12.5 Å². The molecule has 31 heavy (non-hydrogen) atoms. The summed E-state index contributed by atoms with van der Waals surface area (Å²) in [6.45, 7) is 5.43. The molecule has 1 atom stereocenters. The fourth-order valence-corrected chi connectivity index (χ4v) is 3.75. The molecule has 160 valence electrons. The molecule has 0 aliphatic carbocycles. The number of benzene rings is 2. The molecular formula is C25H26N2O4. The number of aliphatic hydroxyl groups excluding tert-OH is 1. The number of pyridine rings is 1. The molecule has 0 radical (unpaired) electrons. The van der Waals surface area contributed by atoms with Gasteiger partial charge in [-0.15, -0.1) is 0 Å². The first-order valence-corrected chi connectivity index (χ1v) is 10.2. The number of anilines is 1. The molecule has 1 aromatic heterocycles. The molecule has 1 saturated heterocycles. The summed E-state index contributed by atoms with van der Waals surface area (Å²) in [5.74, 6) is 2.01. The molecule has 6 nitrogen and oxygen atoms in total. The van der Waals surface area contributed by atoms with Gasteiger partial charge in [-0.3, -0.25) is 0 Å². The van der Waals surface area contributed by atoms with Crippen LogP contribution in [-0.4, -0.2) is 48.1 Å². The number of methoxy groups -OCH3 is 1. The minimum Gasteiger partial charge on any atom is -0.504 e. The molecule has 6 heteroatoms. The van der Waals surface area contributed by atoms with Crippen molar-refractivity contribution >= 4 is 5.82 Å². The summed E-state index contributed by atoms with van der Waals surface area (Å²) >= 11 is 0. The van der Waals surface area contributed by atoms with Gasteiger partial charge in [0.15, 0.2) is 11.5 Å². The second-order valence-corrected chi connectivity index (χ2v) is 7.47. The predicted molar refractivity (Wildman–Crippen MR) is 122 cm³/mol. The third-order valence-corrected chi connectivity index (χ3v) is 5.33. The Morgan fingerprint density at radius 2 is 1.97 bits per heavy atom. The lowest BCUT2D eigenvalue weighted by Crippen LogP contribution is -2.22. The summed E-state index contributed by atoms with van der Waals surface area (Å²) < 4.78 is 11.2. The minimum absolute atomic E-state index is 0.0773. The molecule has 4 rings (SSSR count). The number of aromatic hydroxyl groups is 1. The first-order chi connectivity index (χ1) is 15.1. The SMILES string of the molecule is C=CCOc1ccccc1-c1cc(-c2ccc(O)c(OC)c2)nc(N2CCC(O)C2)c1. The highest BCUT2D eigenvalue weighted by Gasteiger charge is 2.23. The van der Waals surface area contributed by atoms with Gasteiger partial charge in [0.25, 0.3) is 0 Å². The molecular weight excluding hydrogens is 392 g/mol. The van der Waals surface area contributed by atoms with E-state index in [-0.39, 0.29) is 11.9 Å². The third kappa shape index (κ3) is 4.49. The Labute approximate surface area is 182 Å². The fraction of sp³-hybridized carbons (Fsp3) is 0.240. The number of β-amino-alcohol motifs (C(OH)–C–C–N with tert-alkyl or cyclic N) is 1. The van der Waals surface area contributed by atoms with Crippen LogP contribution < -0.4 is 14.4 Å². The average molecular weight is 418 g/mol. The Morgan fingerprint density at radius 3 is 2.71 bits per heavy atom. The van der Waals surface area contributed by atoms with Gasteiger partial charge in [0.1, 0.15) is 18.2 Å². The van der Waals surface area contributed by atoms with E-state index in [1.807, 2.05) is 42.5 Å². The van der Waals surface area contributed by atoms with E-state index < -0.39 is 0 Å². The van der Waals surface area contributed by atoms with Gasteiger partial charge in [-0.1, -0.05) is 30.9 Å². The smallest absolute Gasteiger partial charge is 0.161 e. The highest BCUT2D eigenvalue weighted by atomic mass is 16.5. The van der Waals surface area contributed by atoms with Crippen LogP contribution in [0.15, 0.2) is 67.3 Å². The van der Waals surface area contributed by atoms with E-state index in [0.29, 0.717) is 25.3 Å². The van der Waals surface area contributed by atoms with Crippen LogP contribution in [-0.2, 0) is 0 Å². The number of aliphatic hydroxyl groups is 1. The van der Waals surface area contributed by atoms with E-state index in [4.69, 9.17) is 14.5 Å². The van der Waals surface area contributed by atoms with Gasteiger partial charge in [-0.2, -0.15) is 0 Å². The largest absolute Gasteiger partial charge is 0.504 e. The number of nitrogens with zero attached hydrogens (tertiary/aromatic N) is 2. The van der Waals surface area contributed by atoms with Gasteiger partial charge in [0, 0.05) is 24.2 Å². The number of aromatic nitrogens is 1. The maximum Gasteiger partial charge on any atom is 0.161 e. The topological polar surface area (TPSA) is 75.0 Å². The van der Waals surface area contributed by atoms with E-state index >= 15 is 0 Å². The summed E-state index contributed by atoms with van der Waals surface area (Å²) in [5, 5.41) is 20.0. The lowest BCUT2D eigenvalue weighted by atomic mass is 10.0. The van der Waals surface area contributed by atoms with E-state index in [0.717, 1.165) is 40.5 Å². The van der Waals surface area contributed by atoms with Crippen molar-refractivity contribution in [3.63, 3.8) is 0 Å². The Bertz CT molecular complexity index is 1080. The van der Waals surface area contributed by atoms with Crippen LogP contribution in [0.25, 0.3) is 22.4 Å². The number of hydrogen-bond donors (Lipinski definition) is 2. The van der Waals surface area contributed by atoms with E-state index in [1.54, 1.807) is 18.2 Å². The van der Waals surface area contributed by atoms with Crippen LogP contribution in [0.4, 0.5) is 5.82 Å². The Morgan fingerprint density at radius 1 is 1.13 bits per heavy atom. The highest BCUT2D eigenvalue weighted by Crippen LogP contribution is 2.37. The standard InChI is InChI=1S/C25H26N2O4/c1-3-12-31-23-7-5-4-6-20(23)18-13-21(17-8-9-22(29)24(14-17)30-2)26-25(15-18)27-11-10-19(28)16-27/h3-9,13-15,19,28-29H,1,10-12,16H2,2H3. The minimum atomic E-state index is -0.356. The molecule has 0 bridgehead atoms. The van der Waals surface area contributed by atoms with Crippen LogP contribution in [0.3, 0.4) is 0 Å². The van der Waals surface area contributed by atoms with Crippen LogP contribution in [0.5, 0.6) is 17.2 Å². The zero-order valence-electron chi connectivity index (χ0n) is 17.5. The van der Waals surface area contributed by atoms with Gasteiger partial charge in [-0.25, -0.2) is 4.98 Å². The van der Waals surface area contributed by atoms with Gasteiger partial charge in [-0.05, 0) is 48.4 Å². The number of ether oxygens (including phenoxy) is 2. The van der Waals surface area contributed by atoms with Crippen molar-refractivity contribution in [2.75, 3.05) is 31.7 Å². The van der Waals surface area contributed by atoms with Crippen molar-refractivity contribution in [1.82, 2.24) is 4.98 Å². The van der Waals surface area contributed by atoms with Crippen molar-refractivity contribution in [3.8, 4) is 39.6 Å². The lowest BCUT2D eigenvalue weighted by molar-refractivity contribution is 0.198. The summed E-state index contributed by atoms with van der Waals surface area (Å²) in [5.41, 5.74) is 3.46. The van der Waals surface area contributed by atoms with E-state index in [1.165, 1.54) is 7.11 Å². The number of hydrogen-bond acceptors (Lipinski definition) is 6. The number of phenolic OH excluding ortho intramolecular Hbond substituents is 1. The number of phenols is 1. The normalized spacial score (nSPS) is 15.7. The first kappa shape index (κ1) is 20.8. The van der Waals surface area contributed by atoms with Crippen LogP contribution in [0, 0.1) is 0 Å². The average Bonchev–Trinajstić information content (AvgIpc) is 3.24. The quantitative estimate of drug-likeness (QED) is 0.559. The predicted octanol–water partition coefficient (Wildman–Crippen LogP) is 4.27. The molecule has 0 spiro atoms. The second kappa shape index (κ2) is 9.10. The Kier molecular flexibility index (Phi) is 6.09. The molecule has 0 saturated carbocycles. The van der Waals surface area contributed by atoms with Crippen LogP contribution in [0.2, 0.25) is 0 Å². The lowest BCUT2D eigenvalue weighted by Gasteiger charge is -2.20. The van der Waals surface area contributed by atoms with Crippen molar-refractivity contribution in [1.29, 1.82) is 0 Å². The molecule has 2 heterocycles. The molecule has 1 unspecified atom stereocenters. The Hall–Kier alpha value is -3.51. The summed E-state index contributed by atoms with van der Waals surface area (Å²) in [6, 6.07) is 17.1. The second-order valence-electron chi connectivity index (χ2n) is 7.47. The summed E-state index contributed by atoms with van der Waals surface area (Å²) in [7, 11) is 1.52. The van der Waals surface area contributed by atoms with Crippen molar-refractivity contribution < 1.29 is 19.7 Å². The molecule has 2 N–H and O–H groups in total. The fourth-order valence-electron chi connectivity index (χ4n) is 3.75. The monoisotopic (exact) mass is 418 g/mol. The molecule has 0 amide bonds. The van der Waals surface area contributed by atoms with Crippen LogP contribution in [0.1, 0.15) is 6.42 Å². The third-order valence-electron chi connectivity index (χ3n) is 5.33. The number of para-hydroxylation sites is 1. The van der Waals surface area contributed by atoms with Crippen LogP contribution >= 0.6 is 0 Å². The number of rotatable bonds is 7. The molecule has 1 aliphatic rings. The first-order valence-electron chi connectivity index (χ1n) is 10.2. The van der Waals surface area contributed by atoms with Crippen molar-refractivity contribution in [2.24, 2.45) is 0 Å². The molecule has 2 aromatic carbocycles. The van der Waals surface area contributed by atoms with Crippen molar-refractivity contribution in [3.05, 3.63) is 67.3 Å².